The maximum absolute atomic E-state index is 12.8. The van der Waals surface area contributed by atoms with E-state index >= 15 is 0 Å². The molecule has 1 unspecified atom stereocenters. The molecule has 0 rings (SSSR count). The van der Waals surface area contributed by atoms with Crippen LogP contribution in [0.4, 0.5) is 0 Å². The van der Waals surface area contributed by atoms with Gasteiger partial charge in [0, 0.05) is 19.3 Å². The zero-order valence-electron chi connectivity index (χ0n) is 46.5. The van der Waals surface area contributed by atoms with E-state index in [0.717, 1.165) is 122 Å². The number of allylic oxidation sites excluding steroid dienone is 16. The third kappa shape index (κ3) is 57.1. The summed E-state index contributed by atoms with van der Waals surface area (Å²) < 4.78 is 16.8. The van der Waals surface area contributed by atoms with Crippen LogP contribution in [0, 0.1) is 0 Å². The molecule has 0 saturated carbocycles. The van der Waals surface area contributed by atoms with Crippen LogP contribution in [-0.2, 0) is 28.6 Å². The van der Waals surface area contributed by atoms with E-state index in [9.17, 15) is 14.4 Å². The van der Waals surface area contributed by atoms with E-state index in [4.69, 9.17) is 14.2 Å². The molecular formula is C65H110O6. The maximum atomic E-state index is 12.8. The molecule has 0 spiro atoms. The highest BCUT2D eigenvalue weighted by molar-refractivity contribution is 5.71. The summed E-state index contributed by atoms with van der Waals surface area (Å²) in [5, 5.41) is 0. The van der Waals surface area contributed by atoms with Gasteiger partial charge >= 0.3 is 17.9 Å². The van der Waals surface area contributed by atoms with E-state index in [-0.39, 0.29) is 31.1 Å². The van der Waals surface area contributed by atoms with Gasteiger partial charge in [-0.25, -0.2) is 0 Å². The fourth-order valence-electron chi connectivity index (χ4n) is 8.12. The van der Waals surface area contributed by atoms with Crippen LogP contribution in [0.5, 0.6) is 0 Å². The summed E-state index contributed by atoms with van der Waals surface area (Å²) in [5.41, 5.74) is 0. The smallest absolute Gasteiger partial charge is 0.306 e. The zero-order valence-corrected chi connectivity index (χ0v) is 46.5. The van der Waals surface area contributed by atoms with Crippen LogP contribution in [0.3, 0.4) is 0 Å². The Bertz CT molecular complexity index is 1410. The highest BCUT2D eigenvalue weighted by Gasteiger charge is 2.19. The third-order valence-electron chi connectivity index (χ3n) is 12.6. The SMILES string of the molecule is CC/C=C\C/C=C\C/C=C\C/C=C\C/C=C\C/C=C\C/C=C\CCCCCCCCCCCC(=O)OCC(COC(=O)CCCCCCCCCCCC)OC(=O)CCCCCCC/C=C\CCCCC. The lowest BCUT2D eigenvalue weighted by Crippen LogP contribution is -2.30. The fourth-order valence-corrected chi connectivity index (χ4v) is 8.12. The number of unbranched alkanes of at least 4 members (excludes halogenated alkanes) is 26. The molecule has 71 heavy (non-hydrogen) atoms. The second-order valence-electron chi connectivity index (χ2n) is 19.5. The Hall–Kier alpha value is -3.67. The van der Waals surface area contributed by atoms with Gasteiger partial charge in [0.15, 0.2) is 6.10 Å². The van der Waals surface area contributed by atoms with Crippen molar-refractivity contribution < 1.29 is 28.6 Å². The molecule has 0 aromatic heterocycles. The Morgan fingerprint density at radius 2 is 0.549 bits per heavy atom. The minimum absolute atomic E-state index is 0.0800. The van der Waals surface area contributed by atoms with Gasteiger partial charge in [-0.1, -0.05) is 253 Å². The molecule has 0 aromatic carbocycles. The summed E-state index contributed by atoms with van der Waals surface area (Å²) in [5.74, 6) is -0.894. The van der Waals surface area contributed by atoms with Gasteiger partial charge in [-0.15, -0.1) is 0 Å². The third-order valence-corrected chi connectivity index (χ3v) is 12.6. The van der Waals surface area contributed by atoms with Crippen molar-refractivity contribution in [2.75, 3.05) is 13.2 Å². The predicted octanol–water partition coefficient (Wildman–Crippen LogP) is 20.1. The fraction of sp³-hybridized carbons (Fsp3) is 0.708. The number of carbonyl (C=O) groups is 3. The van der Waals surface area contributed by atoms with Crippen LogP contribution < -0.4 is 0 Å². The lowest BCUT2D eigenvalue weighted by atomic mass is 10.1. The predicted molar refractivity (Wildman–Crippen MR) is 307 cm³/mol. The second-order valence-corrected chi connectivity index (χ2v) is 19.5. The van der Waals surface area contributed by atoms with Crippen LogP contribution in [0.25, 0.3) is 0 Å². The minimum Gasteiger partial charge on any atom is -0.462 e. The number of hydrogen-bond acceptors (Lipinski definition) is 6. The average molecular weight is 988 g/mol. The van der Waals surface area contributed by atoms with Crippen molar-refractivity contribution in [1.82, 2.24) is 0 Å². The molecule has 6 heteroatoms. The molecule has 0 saturated heterocycles. The molecule has 406 valence electrons. The number of esters is 3. The monoisotopic (exact) mass is 987 g/mol. The van der Waals surface area contributed by atoms with Crippen LogP contribution >= 0.6 is 0 Å². The second kappa shape index (κ2) is 58.9. The van der Waals surface area contributed by atoms with E-state index < -0.39 is 6.10 Å². The summed E-state index contributed by atoms with van der Waals surface area (Å²) >= 11 is 0. The van der Waals surface area contributed by atoms with Gasteiger partial charge in [-0.3, -0.25) is 14.4 Å². The number of hydrogen-bond donors (Lipinski definition) is 0. The molecule has 0 aliphatic rings. The highest BCUT2D eigenvalue weighted by Crippen LogP contribution is 2.15. The standard InChI is InChI=1S/C65H110O6/c1-4-7-10-13-16-19-22-24-25-26-27-28-29-30-31-32-33-34-35-36-37-38-39-40-41-42-44-46-49-52-55-58-64(67)70-61-62(60-69-63(66)57-54-51-48-45-21-18-15-12-9-6-3)71-65(68)59-56-53-50-47-43-23-20-17-14-11-8-5-2/h7,10,16-17,19-20,24-25,27-28,30-31,33-34,36-37,62H,4-6,8-9,11-15,18,21-23,26,29,32,35,38-61H2,1-3H3/b10-7-,19-16-,20-17-,25-24-,28-27-,31-30-,34-33-,37-36-. The van der Waals surface area contributed by atoms with E-state index in [0.29, 0.717) is 19.3 Å². The topological polar surface area (TPSA) is 78.9 Å². The molecule has 0 radical (unpaired) electrons. The Morgan fingerprint density at radius 3 is 0.901 bits per heavy atom. The Labute approximate surface area is 438 Å². The quantitative estimate of drug-likeness (QED) is 0.0261. The molecule has 6 nitrogen and oxygen atoms in total. The van der Waals surface area contributed by atoms with E-state index in [2.05, 4.69) is 118 Å². The lowest BCUT2D eigenvalue weighted by Gasteiger charge is -2.18. The molecule has 0 amide bonds. The van der Waals surface area contributed by atoms with E-state index in [1.807, 2.05) is 0 Å². The summed E-state index contributed by atoms with van der Waals surface area (Å²) in [6.45, 7) is 6.48. The van der Waals surface area contributed by atoms with Crippen molar-refractivity contribution in [3.8, 4) is 0 Å². The first-order chi connectivity index (χ1) is 35.0. The van der Waals surface area contributed by atoms with Crippen LogP contribution in [-0.4, -0.2) is 37.2 Å². The summed E-state index contributed by atoms with van der Waals surface area (Å²) in [7, 11) is 0. The first-order valence-corrected chi connectivity index (χ1v) is 29.7. The molecule has 0 aromatic rings. The first-order valence-electron chi connectivity index (χ1n) is 29.7. The summed E-state index contributed by atoms with van der Waals surface area (Å²) in [6, 6.07) is 0. The van der Waals surface area contributed by atoms with Gasteiger partial charge < -0.3 is 14.2 Å². The lowest BCUT2D eigenvalue weighted by molar-refractivity contribution is -0.167. The zero-order chi connectivity index (χ0) is 51.4. The van der Waals surface area contributed by atoms with Crippen molar-refractivity contribution in [3.05, 3.63) is 97.2 Å². The van der Waals surface area contributed by atoms with Gasteiger partial charge in [0.2, 0.25) is 0 Å². The first kappa shape index (κ1) is 67.3. The van der Waals surface area contributed by atoms with Gasteiger partial charge in [-0.05, 0) is 103 Å². The van der Waals surface area contributed by atoms with Gasteiger partial charge in [0.25, 0.3) is 0 Å². The molecular weight excluding hydrogens is 877 g/mol. The molecule has 0 aliphatic heterocycles. The van der Waals surface area contributed by atoms with Crippen LogP contribution in [0.15, 0.2) is 97.2 Å². The summed E-state index contributed by atoms with van der Waals surface area (Å²) in [6.07, 6.45) is 78.4. The molecule has 0 N–H and O–H groups in total. The van der Waals surface area contributed by atoms with Crippen LogP contribution in [0.2, 0.25) is 0 Å². The van der Waals surface area contributed by atoms with Crippen LogP contribution in [0.1, 0.15) is 278 Å². The average Bonchev–Trinajstić information content (AvgIpc) is 3.37. The maximum Gasteiger partial charge on any atom is 0.306 e. The van der Waals surface area contributed by atoms with Crippen molar-refractivity contribution in [3.63, 3.8) is 0 Å². The Morgan fingerprint density at radius 1 is 0.296 bits per heavy atom. The number of carbonyl (C=O) groups excluding carboxylic acids is 3. The molecule has 0 heterocycles. The number of ether oxygens (including phenoxy) is 3. The summed E-state index contributed by atoms with van der Waals surface area (Å²) in [4.78, 5) is 38.0. The van der Waals surface area contributed by atoms with Gasteiger partial charge in [0.05, 0.1) is 0 Å². The van der Waals surface area contributed by atoms with Crippen molar-refractivity contribution in [2.45, 2.75) is 284 Å². The Kier molecular flexibility index (Phi) is 55.9. The molecule has 0 bridgehead atoms. The normalized spacial score (nSPS) is 12.8. The van der Waals surface area contributed by atoms with Gasteiger partial charge in [-0.2, -0.15) is 0 Å². The van der Waals surface area contributed by atoms with E-state index in [1.165, 1.54) is 116 Å². The molecule has 0 fully saturated rings. The van der Waals surface area contributed by atoms with Crippen molar-refractivity contribution >= 4 is 17.9 Å². The number of rotatable bonds is 53. The Balaban J connectivity index is 4.18. The highest BCUT2D eigenvalue weighted by atomic mass is 16.6. The molecule has 0 aliphatic carbocycles. The van der Waals surface area contributed by atoms with E-state index in [1.54, 1.807) is 0 Å². The van der Waals surface area contributed by atoms with Gasteiger partial charge in [0.1, 0.15) is 13.2 Å². The molecule has 1 atom stereocenters. The van der Waals surface area contributed by atoms with Crippen molar-refractivity contribution in [2.24, 2.45) is 0 Å². The minimum atomic E-state index is -0.781. The van der Waals surface area contributed by atoms with Crippen molar-refractivity contribution in [1.29, 1.82) is 0 Å². The largest absolute Gasteiger partial charge is 0.462 e.